The van der Waals surface area contributed by atoms with Crippen LogP contribution in [0.5, 0.6) is 0 Å². The maximum Gasteiger partial charge on any atom is 0.105 e. The molecule has 3 rings (SSSR count). The number of ether oxygens (including phenoxy) is 1. The fourth-order valence-corrected chi connectivity index (χ4v) is 2.05. The zero-order valence-electron chi connectivity index (χ0n) is 8.60. The van der Waals surface area contributed by atoms with Gasteiger partial charge in [0.1, 0.15) is 6.17 Å². The summed E-state index contributed by atoms with van der Waals surface area (Å²) in [5, 5.41) is 4.29. The molecular weight excluding hydrogens is 195 g/mol. The van der Waals surface area contributed by atoms with E-state index < -0.39 is 6.17 Å². The summed E-state index contributed by atoms with van der Waals surface area (Å²) in [6, 6.07) is 0.587. The van der Waals surface area contributed by atoms with Crippen LogP contribution in [-0.4, -0.2) is 22.6 Å². The molecule has 1 aliphatic heterocycles. The van der Waals surface area contributed by atoms with Crippen LogP contribution in [0.15, 0.2) is 12.4 Å². The molecular formula is C11H15FN2O. The highest BCUT2D eigenvalue weighted by Gasteiger charge is 2.28. The monoisotopic (exact) mass is 210 g/mol. The Balaban J connectivity index is 1.73. The highest BCUT2D eigenvalue weighted by Crippen LogP contribution is 2.36. The van der Waals surface area contributed by atoms with Crippen molar-refractivity contribution in [2.45, 2.75) is 44.0 Å². The first kappa shape index (κ1) is 9.33. The van der Waals surface area contributed by atoms with Crippen molar-refractivity contribution >= 4 is 0 Å². The van der Waals surface area contributed by atoms with E-state index in [2.05, 4.69) is 5.10 Å². The fraction of sp³-hybridized carbons (Fsp3) is 0.727. The molecule has 0 amide bonds. The molecule has 2 atom stereocenters. The van der Waals surface area contributed by atoms with E-state index in [9.17, 15) is 4.39 Å². The van der Waals surface area contributed by atoms with Crippen molar-refractivity contribution in [1.29, 1.82) is 0 Å². The van der Waals surface area contributed by atoms with Gasteiger partial charge in [0.25, 0.3) is 0 Å². The lowest BCUT2D eigenvalue weighted by Gasteiger charge is -2.24. The van der Waals surface area contributed by atoms with Crippen molar-refractivity contribution in [3.8, 4) is 0 Å². The number of hydrogen-bond donors (Lipinski definition) is 0. The Morgan fingerprint density at radius 2 is 2.27 bits per heavy atom. The van der Waals surface area contributed by atoms with E-state index in [-0.39, 0.29) is 6.10 Å². The third-order valence-corrected chi connectivity index (χ3v) is 3.13. The number of nitrogens with zero attached hydrogens (tertiary/aromatic N) is 2. The number of hydrogen-bond acceptors (Lipinski definition) is 2. The number of rotatable bonds is 2. The number of aromatic nitrogens is 2. The minimum atomic E-state index is -0.715. The summed E-state index contributed by atoms with van der Waals surface area (Å²) in [4.78, 5) is 0. The number of alkyl halides is 1. The van der Waals surface area contributed by atoms with Crippen LogP contribution in [0.25, 0.3) is 0 Å². The Bertz CT molecular complexity index is 348. The lowest BCUT2D eigenvalue weighted by atomic mass is 10.0. The summed E-state index contributed by atoms with van der Waals surface area (Å²) in [7, 11) is 0. The van der Waals surface area contributed by atoms with E-state index in [1.807, 2.05) is 17.1 Å². The van der Waals surface area contributed by atoms with Crippen molar-refractivity contribution in [2.75, 3.05) is 6.61 Å². The standard InChI is InChI=1S/C11H15FN2O/c12-9-3-4-15-11(5-9)8-6-13-14(7-8)10-1-2-10/h6-7,9-11H,1-5H2. The lowest BCUT2D eigenvalue weighted by Crippen LogP contribution is -2.20. The molecule has 1 aliphatic carbocycles. The van der Waals surface area contributed by atoms with Gasteiger partial charge in [-0.25, -0.2) is 4.39 Å². The Kier molecular flexibility index (Phi) is 2.24. The molecule has 2 aliphatic rings. The predicted octanol–water partition coefficient (Wildman–Crippen LogP) is 2.41. The third-order valence-electron chi connectivity index (χ3n) is 3.13. The first-order chi connectivity index (χ1) is 7.33. The van der Waals surface area contributed by atoms with Crippen LogP contribution < -0.4 is 0 Å². The van der Waals surface area contributed by atoms with E-state index in [4.69, 9.17) is 4.74 Å². The topological polar surface area (TPSA) is 27.1 Å². The largest absolute Gasteiger partial charge is 0.373 e. The van der Waals surface area contributed by atoms with Crippen LogP contribution in [0.1, 0.15) is 43.4 Å². The molecule has 82 valence electrons. The molecule has 1 aromatic rings. The van der Waals surface area contributed by atoms with Crippen molar-refractivity contribution < 1.29 is 9.13 Å². The molecule has 15 heavy (non-hydrogen) atoms. The quantitative estimate of drug-likeness (QED) is 0.749. The maximum absolute atomic E-state index is 13.2. The Morgan fingerprint density at radius 1 is 1.40 bits per heavy atom. The van der Waals surface area contributed by atoms with Gasteiger partial charge < -0.3 is 4.74 Å². The maximum atomic E-state index is 13.2. The van der Waals surface area contributed by atoms with Gasteiger partial charge in [0.15, 0.2) is 0 Å². The van der Waals surface area contributed by atoms with Crippen molar-refractivity contribution in [3.05, 3.63) is 18.0 Å². The van der Waals surface area contributed by atoms with Gasteiger partial charge in [-0.2, -0.15) is 5.10 Å². The minimum Gasteiger partial charge on any atom is -0.373 e. The van der Waals surface area contributed by atoms with Gasteiger partial charge in [0.05, 0.1) is 24.9 Å². The summed E-state index contributed by atoms with van der Waals surface area (Å²) < 4.78 is 20.7. The molecule has 2 heterocycles. The van der Waals surface area contributed by atoms with E-state index >= 15 is 0 Å². The van der Waals surface area contributed by atoms with Crippen LogP contribution in [-0.2, 0) is 4.74 Å². The molecule has 1 saturated carbocycles. The Labute approximate surface area is 88.2 Å². The van der Waals surface area contributed by atoms with E-state index in [0.29, 0.717) is 25.5 Å². The highest BCUT2D eigenvalue weighted by atomic mass is 19.1. The smallest absolute Gasteiger partial charge is 0.105 e. The predicted molar refractivity (Wildman–Crippen MR) is 53.3 cm³/mol. The van der Waals surface area contributed by atoms with Gasteiger partial charge in [-0.1, -0.05) is 0 Å². The zero-order chi connectivity index (χ0) is 10.3. The molecule has 2 fully saturated rings. The van der Waals surface area contributed by atoms with Gasteiger partial charge in [-0.05, 0) is 12.8 Å². The molecule has 0 radical (unpaired) electrons. The molecule has 0 aromatic carbocycles. The van der Waals surface area contributed by atoms with Crippen LogP contribution in [0.4, 0.5) is 4.39 Å². The van der Waals surface area contributed by atoms with Gasteiger partial charge in [-0.3, -0.25) is 4.68 Å². The first-order valence-electron chi connectivity index (χ1n) is 5.62. The van der Waals surface area contributed by atoms with Crippen molar-refractivity contribution in [1.82, 2.24) is 9.78 Å². The first-order valence-corrected chi connectivity index (χ1v) is 5.62. The van der Waals surface area contributed by atoms with E-state index in [1.54, 1.807) is 0 Å². The molecule has 4 heteroatoms. The zero-order valence-corrected chi connectivity index (χ0v) is 8.60. The summed E-state index contributed by atoms with van der Waals surface area (Å²) in [6.07, 6.45) is 6.50. The molecule has 0 bridgehead atoms. The second kappa shape index (κ2) is 3.59. The molecule has 0 N–H and O–H groups in total. The Hall–Kier alpha value is -0.900. The van der Waals surface area contributed by atoms with Gasteiger partial charge >= 0.3 is 0 Å². The average Bonchev–Trinajstić information content (AvgIpc) is 2.97. The minimum absolute atomic E-state index is 0.0822. The summed E-state index contributed by atoms with van der Waals surface area (Å²) in [5.41, 5.74) is 1.03. The molecule has 0 spiro atoms. The van der Waals surface area contributed by atoms with Gasteiger partial charge in [0.2, 0.25) is 0 Å². The molecule has 2 unspecified atom stereocenters. The van der Waals surface area contributed by atoms with Gasteiger partial charge in [0, 0.05) is 24.6 Å². The highest BCUT2D eigenvalue weighted by molar-refractivity contribution is 5.10. The van der Waals surface area contributed by atoms with Crippen LogP contribution in [0, 0.1) is 0 Å². The Morgan fingerprint density at radius 3 is 3.00 bits per heavy atom. The molecule has 1 saturated heterocycles. The van der Waals surface area contributed by atoms with Gasteiger partial charge in [-0.15, -0.1) is 0 Å². The van der Waals surface area contributed by atoms with E-state index in [1.165, 1.54) is 12.8 Å². The summed E-state index contributed by atoms with van der Waals surface area (Å²) in [6.45, 7) is 0.528. The van der Waals surface area contributed by atoms with Crippen LogP contribution >= 0.6 is 0 Å². The van der Waals surface area contributed by atoms with Crippen molar-refractivity contribution in [3.63, 3.8) is 0 Å². The van der Waals surface area contributed by atoms with E-state index in [0.717, 1.165) is 5.56 Å². The van der Waals surface area contributed by atoms with Crippen molar-refractivity contribution in [2.24, 2.45) is 0 Å². The fourth-order valence-electron chi connectivity index (χ4n) is 2.05. The molecule has 3 nitrogen and oxygen atoms in total. The SMILES string of the molecule is FC1CCOC(c2cnn(C3CC3)c2)C1. The summed E-state index contributed by atoms with van der Waals surface area (Å²) in [5.74, 6) is 0. The lowest BCUT2D eigenvalue weighted by molar-refractivity contribution is -0.0193. The van der Waals surface area contributed by atoms with Crippen LogP contribution in [0.3, 0.4) is 0 Å². The summed E-state index contributed by atoms with van der Waals surface area (Å²) >= 11 is 0. The molecule has 1 aromatic heterocycles. The third kappa shape index (κ3) is 1.91. The average molecular weight is 210 g/mol. The van der Waals surface area contributed by atoms with Crippen LogP contribution in [0.2, 0.25) is 0 Å². The number of halogens is 1. The second-order valence-corrected chi connectivity index (χ2v) is 4.47. The normalized spacial score (nSPS) is 31.8. The second-order valence-electron chi connectivity index (χ2n) is 4.47.